The number of hydrogen-bond acceptors (Lipinski definition) is 3. The zero-order valence-electron chi connectivity index (χ0n) is 13.7. The van der Waals surface area contributed by atoms with Crippen molar-refractivity contribution in [2.75, 3.05) is 6.54 Å². The van der Waals surface area contributed by atoms with Crippen molar-refractivity contribution in [1.82, 2.24) is 10.3 Å². The summed E-state index contributed by atoms with van der Waals surface area (Å²) in [5.41, 5.74) is 1.96. The largest absolute Gasteiger partial charge is 0.457 e. The minimum atomic E-state index is -0.305. The topological polar surface area (TPSA) is 51.2 Å². The Morgan fingerprint density at radius 3 is 2.28 bits per heavy atom. The van der Waals surface area contributed by atoms with E-state index in [-0.39, 0.29) is 11.7 Å². The Hall–Kier alpha value is -3.21. The van der Waals surface area contributed by atoms with E-state index in [4.69, 9.17) is 4.74 Å². The summed E-state index contributed by atoms with van der Waals surface area (Å²) in [7, 11) is 0. The molecule has 0 atom stereocenters. The lowest BCUT2D eigenvalue weighted by Crippen LogP contribution is -2.23. The quantitative estimate of drug-likeness (QED) is 0.750. The summed E-state index contributed by atoms with van der Waals surface area (Å²) in [6.07, 6.45) is 0. The number of hydrogen-bond donors (Lipinski definition) is 1. The van der Waals surface area contributed by atoms with Crippen LogP contribution in [0, 0.1) is 5.82 Å². The maximum absolute atomic E-state index is 12.9. The van der Waals surface area contributed by atoms with E-state index in [2.05, 4.69) is 10.3 Å². The van der Waals surface area contributed by atoms with Crippen molar-refractivity contribution in [3.05, 3.63) is 78.2 Å². The summed E-state index contributed by atoms with van der Waals surface area (Å²) >= 11 is 0. The van der Waals surface area contributed by atoms with Gasteiger partial charge in [-0.25, -0.2) is 9.37 Å². The van der Waals surface area contributed by atoms with Gasteiger partial charge in [0.2, 0.25) is 0 Å². The highest BCUT2D eigenvalue weighted by Gasteiger charge is 2.08. The van der Waals surface area contributed by atoms with Crippen molar-refractivity contribution in [2.45, 2.75) is 6.92 Å². The second-order valence-electron chi connectivity index (χ2n) is 5.35. The predicted molar refractivity (Wildman–Crippen MR) is 94.2 cm³/mol. The molecule has 2 aromatic carbocycles. The first-order chi connectivity index (χ1) is 12.2. The molecule has 0 aliphatic rings. The third kappa shape index (κ3) is 4.20. The molecule has 0 unspecified atom stereocenters. The Morgan fingerprint density at radius 2 is 1.64 bits per heavy atom. The number of nitrogens with one attached hydrogen (secondary N) is 1. The van der Waals surface area contributed by atoms with E-state index in [9.17, 15) is 9.18 Å². The summed E-state index contributed by atoms with van der Waals surface area (Å²) in [4.78, 5) is 16.3. The van der Waals surface area contributed by atoms with Crippen molar-refractivity contribution in [1.29, 1.82) is 0 Å². The number of pyridine rings is 1. The Labute approximate surface area is 145 Å². The highest BCUT2D eigenvalue weighted by atomic mass is 19.1. The minimum Gasteiger partial charge on any atom is -0.457 e. The number of halogens is 1. The number of amides is 1. The van der Waals surface area contributed by atoms with E-state index in [0.29, 0.717) is 29.4 Å². The predicted octanol–water partition coefficient (Wildman–Crippen LogP) is 4.43. The number of ether oxygens (including phenoxy) is 1. The molecule has 0 aliphatic heterocycles. The fraction of sp³-hybridized carbons (Fsp3) is 0.100. The van der Waals surface area contributed by atoms with Crippen molar-refractivity contribution in [3.8, 4) is 22.8 Å². The van der Waals surface area contributed by atoms with Gasteiger partial charge >= 0.3 is 0 Å². The number of benzene rings is 2. The number of rotatable bonds is 5. The lowest BCUT2D eigenvalue weighted by Gasteiger charge is -2.08. The number of carbonyl (C=O) groups is 1. The fourth-order valence-electron chi connectivity index (χ4n) is 2.31. The monoisotopic (exact) mass is 336 g/mol. The molecule has 1 aromatic heterocycles. The fourth-order valence-corrected chi connectivity index (χ4v) is 2.31. The number of carbonyl (C=O) groups excluding carboxylic acids is 1. The van der Waals surface area contributed by atoms with Gasteiger partial charge in [0.15, 0.2) is 0 Å². The summed E-state index contributed by atoms with van der Waals surface area (Å²) in [6.45, 7) is 2.42. The van der Waals surface area contributed by atoms with Crippen LogP contribution in [0.2, 0.25) is 0 Å². The normalized spacial score (nSPS) is 10.3. The summed E-state index contributed by atoms with van der Waals surface area (Å²) in [6, 6.07) is 18.5. The van der Waals surface area contributed by atoms with Gasteiger partial charge in [0.05, 0.1) is 5.69 Å². The van der Waals surface area contributed by atoms with Crippen LogP contribution < -0.4 is 10.1 Å². The van der Waals surface area contributed by atoms with Gasteiger partial charge in [-0.3, -0.25) is 4.79 Å². The van der Waals surface area contributed by atoms with Gasteiger partial charge in [0.25, 0.3) is 5.91 Å². The smallest absolute Gasteiger partial charge is 0.269 e. The average Bonchev–Trinajstić information content (AvgIpc) is 2.65. The second kappa shape index (κ2) is 7.57. The third-order valence-electron chi connectivity index (χ3n) is 3.52. The zero-order valence-corrected chi connectivity index (χ0v) is 13.7. The Morgan fingerprint density at radius 1 is 1.00 bits per heavy atom. The zero-order chi connectivity index (χ0) is 17.6. The maximum atomic E-state index is 12.9. The van der Waals surface area contributed by atoms with Crippen LogP contribution >= 0.6 is 0 Å². The first kappa shape index (κ1) is 16.6. The van der Waals surface area contributed by atoms with Crippen LogP contribution in [0.3, 0.4) is 0 Å². The molecule has 0 saturated heterocycles. The van der Waals surface area contributed by atoms with E-state index < -0.39 is 0 Å². The summed E-state index contributed by atoms with van der Waals surface area (Å²) in [5.74, 6) is 0.696. The standard InChI is InChI=1S/C20H17FN2O2/c1-2-22-20(24)19-5-3-4-18(23-19)14-6-10-16(11-7-14)25-17-12-8-15(21)9-13-17/h3-13H,2H2,1H3,(H,22,24). The van der Waals surface area contributed by atoms with Crippen molar-refractivity contribution in [2.24, 2.45) is 0 Å². The van der Waals surface area contributed by atoms with Crippen molar-refractivity contribution >= 4 is 5.91 Å². The van der Waals surface area contributed by atoms with E-state index in [0.717, 1.165) is 5.56 Å². The minimum absolute atomic E-state index is 0.194. The molecule has 1 amide bonds. The van der Waals surface area contributed by atoms with Crippen LogP contribution in [0.15, 0.2) is 66.7 Å². The lowest BCUT2D eigenvalue weighted by atomic mass is 10.1. The van der Waals surface area contributed by atoms with Crippen molar-refractivity contribution < 1.29 is 13.9 Å². The SMILES string of the molecule is CCNC(=O)c1cccc(-c2ccc(Oc3ccc(F)cc3)cc2)n1. The number of aromatic nitrogens is 1. The van der Waals surface area contributed by atoms with Gasteiger partial charge in [-0.1, -0.05) is 6.07 Å². The van der Waals surface area contributed by atoms with E-state index >= 15 is 0 Å². The molecule has 25 heavy (non-hydrogen) atoms. The van der Waals surface area contributed by atoms with Crippen LogP contribution in [0.4, 0.5) is 4.39 Å². The second-order valence-corrected chi connectivity index (χ2v) is 5.35. The molecule has 126 valence electrons. The Kier molecular flexibility index (Phi) is 5.04. The van der Waals surface area contributed by atoms with Gasteiger partial charge < -0.3 is 10.1 Å². The molecule has 0 fully saturated rings. The Bertz CT molecular complexity index is 862. The highest BCUT2D eigenvalue weighted by Crippen LogP contribution is 2.25. The Balaban J connectivity index is 1.77. The molecule has 0 aliphatic carbocycles. The molecule has 0 spiro atoms. The van der Waals surface area contributed by atoms with Crippen LogP contribution in [0.25, 0.3) is 11.3 Å². The molecule has 0 bridgehead atoms. The molecular weight excluding hydrogens is 319 g/mol. The van der Waals surface area contributed by atoms with Gasteiger partial charge in [0, 0.05) is 12.1 Å². The van der Waals surface area contributed by atoms with Crippen LogP contribution in [-0.2, 0) is 0 Å². The van der Waals surface area contributed by atoms with E-state index in [1.165, 1.54) is 12.1 Å². The number of nitrogens with zero attached hydrogens (tertiary/aromatic N) is 1. The molecule has 4 nitrogen and oxygen atoms in total. The average molecular weight is 336 g/mol. The van der Waals surface area contributed by atoms with Gasteiger partial charge in [-0.05, 0) is 67.6 Å². The first-order valence-corrected chi connectivity index (χ1v) is 7.95. The summed E-state index contributed by atoms with van der Waals surface area (Å²) < 4.78 is 18.6. The van der Waals surface area contributed by atoms with Crippen LogP contribution in [-0.4, -0.2) is 17.4 Å². The molecule has 3 rings (SSSR count). The van der Waals surface area contributed by atoms with Crippen molar-refractivity contribution in [3.63, 3.8) is 0 Å². The van der Waals surface area contributed by atoms with E-state index in [1.54, 1.807) is 36.4 Å². The maximum Gasteiger partial charge on any atom is 0.269 e. The van der Waals surface area contributed by atoms with Gasteiger partial charge in [0.1, 0.15) is 23.0 Å². The molecule has 0 radical (unpaired) electrons. The molecule has 5 heteroatoms. The van der Waals surface area contributed by atoms with Crippen LogP contribution in [0.5, 0.6) is 11.5 Å². The molecule has 1 heterocycles. The molecular formula is C20H17FN2O2. The third-order valence-corrected chi connectivity index (χ3v) is 3.52. The van der Waals surface area contributed by atoms with Gasteiger partial charge in [-0.15, -0.1) is 0 Å². The molecule has 1 N–H and O–H groups in total. The molecule has 3 aromatic rings. The first-order valence-electron chi connectivity index (χ1n) is 7.95. The lowest BCUT2D eigenvalue weighted by molar-refractivity contribution is 0.0951. The molecule has 0 saturated carbocycles. The van der Waals surface area contributed by atoms with Gasteiger partial charge in [-0.2, -0.15) is 0 Å². The summed E-state index contributed by atoms with van der Waals surface area (Å²) in [5, 5.41) is 2.73. The van der Waals surface area contributed by atoms with E-state index in [1.807, 2.05) is 25.1 Å². The van der Waals surface area contributed by atoms with Crippen LogP contribution in [0.1, 0.15) is 17.4 Å². The highest BCUT2D eigenvalue weighted by molar-refractivity contribution is 5.92.